The van der Waals surface area contributed by atoms with Gasteiger partial charge in [0.2, 0.25) is 0 Å². The highest BCUT2D eigenvalue weighted by Gasteiger charge is 2.31. The highest BCUT2D eigenvalue weighted by atomic mass is 14.9. The van der Waals surface area contributed by atoms with Crippen LogP contribution in [0.15, 0.2) is 18.2 Å². The Labute approximate surface area is 105 Å². The Morgan fingerprint density at radius 2 is 2.12 bits per heavy atom. The monoisotopic (exact) mass is 232 g/mol. The van der Waals surface area contributed by atoms with Crippen molar-refractivity contribution in [2.45, 2.75) is 39.7 Å². The Morgan fingerprint density at radius 1 is 1.35 bits per heavy atom. The minimum atomic E-state index is 0.255. The van der Waals surface area contributed by atoms with Gasteiger partial charge in [0.15, 0.2) is 0 Å². The van der Waals surface area contributed by atoms with Crippen LogP contribution in [-0.4, -0.2) is 13.1 Å². The summed E-state index contributed by atoms with van der Waals surface area (Å²) >= 11 is 0. The molecule has 1 aliphatic rings. The highest BCUT2D eigenvalue weighted by Crippen LogP contribution is 2.38. The standard InChI is InChI=1S/C15H24N2/c1-11(2)8-16-9-12-6-5-7-13-14(12)15(3,4)10-17-13/h5-7,11,16-17H,8-10H2,1-4H3. The lowest BCUT2D eigenvalue weighted by Crippen LogP contribution is -2.24. The molecule has 17 heavy (non-hydrogen) atoms. The number of anilines is 1. The van der Waals surface area contributed by atoms with Gasteiger partial charge in [0.25, 0.3) is 0 Å². The predicted octanol–water partition coefficient (Wildman–Crippen LogP) is 3.14. The maximum absolute atomic E-state index is 3.54. The fourth-order valence-electron chi connectivity index (χ4n) is 2.59. The third-order valence-corrected chi connectivity index (χ3v) is 3.42. The van der Waals surface area contributed by atoms with Gasteiger partial charge in [-0.25, -0.2) is 0 Å². The molecule has 1 aromatic carbocycles. The molecule has 1 aromatic rings. The summed E-state index contributed by atoms with van der Waals surface area (Å²) in [7, 11) is 0. The van der Waals surface area contributed by atoms with E-state index in [-0.39, 0.29) is 5.41 Å². The van der Waals surface area contributed by atoms with Crippen LogP contribution < -0.4 is 10.6 Å². The maximum Gasteiger partial charge on any atom is 0.0382 e. The molecule has 0 amide bonds. The van der Waals surface area contributed by atoms with Gasteiger partial charge in [0, 0.05) is 24.2 Å². The number of hydrogen-bond donors (Lipinski definition) is 2. The van der Waals surface area contributed by atoms with Crippen LogP contribution in [0.2, 0.25) is 0 Å². The summed E-state index contributed by atoms with van der Waals surface area (Å²) in [6.45, 7) is 12.2. The summed E-state index contributed by atoms with van der Waals surface area (Å²) in [6, 6.07) is 6.59. The second-order valence-electron chi connectivity index (χ2n) is 6.10. The predicted molar refractivity (Wildman–Crippen MR) is 74.5 cm³/mol. The summed E-state index contributed by atoms with van der Waals surface area (Å²) in [5.74, 6) is 0.706. The summed E-state index contributed by atoms with van der Waals surface area (Å²) < 4.78 is 0. The quantitative estimate of drug-likeness (QED) is 0.833. The molecule has 0 atom stereocenters. The zero-order chi connectivity index (χ0) is 12.5. The van der Waals surface area contributed by atoms with Crippen LogP contribution in [0.1, 0.15) is 38.8 Å². The Balaban J connectivity index is 2.16. The number of hydrogen-bond acceptors (Lipinski definition) is 2. The average molecular weight is 232 g/mol. The van der Waals surface area contributed by atoms with E-state index in [9.17, 15) is 0 Å². The van der Waals surface area contributed by atoms with Gasteiger partial charge >= 0.3 is 0 Å². The van der Waals surface area contributed by atoms with Crippen molar-refractivity contribution in [1.82, 2.24) is 5.32 Å². The molecule has 1 heterocycles. The van der Waals surface area contributed by atoms with Gasteiger partial charge in [-0.05, 0) is 29.7 Å². The van der Waals surface area contributed by atoms with E-state index in [1.165, 1.54) is 16.8 Å². The lowest BCUT2D eigenvalue weighted by atomic mass is 9.83. The van der Waals surface area contributed by atoms with Gasteiger partial charge in [-0.3, -0.25) is 0 Å². The first-order chi connectivity index (χ1) is 8.00. The number of nitrogens with one attached hydrogen (secondary N) is 2. The van der Waals surface area contributed by atoms with Gasteiger partial charge in [-0.15, -0.1) is 0 Å². The van der Waals surface area contributed by atoms with Crippen LogP contribution in [0.4, 0.5) is 5.69 Å². The van der Waals surface area contributed by atoms with Crippen molar-refractivity contribution in [1.29, 1.82) is 0 Å². The first-order valence-electron chi connectivity index (χ1n) is 6.57. The number of rotatable bonds is 4. The van der Waals surface area contributed by atoms with Crippen molar-refractivity contribution in [2.75, 3.05) is 18.4 Å². The van der Waals surface area contributed by atoms with E-state index < -0.39 is 0 Å². The molecule has 0 spiro atoms. The molecule has 2 rings (SSSR count). The summed E-state index contributed by atoms with van der Waals surface area (Å²) in [5.41, 5.74) is 4.51. The van der Waals surface area contributed by atoms with E-state index in [0.717, 1.165) is 19.6 Å². The maximum atomic E-state index is 3.54. The van der Waals surface area contributed by atoms with Crippen molar-refractivity contribution in [3.05, 3.63) is 29.3 Å². The van der Waals surface area contributed by atoms with Crippen molar-refractivity contribution in [3.63, 3.8) is 0 Å². The Morgan fingerprint density at radius 3 is 2.82 bits per heavy atom. The molecule has 0 aromatic heterocycles. The molecule has 1 aliphatic heterocycles. The van der Waals surface area contributed by atoms with Crippen molar-refractivity contribution >= 4 is 5.69 Å². The summed E-state index contributed by atoms with van der Waals surface area (Å²) in [4.78, 5) is 0. The van der Waals surface area contributed by atoms with Crippen LogP contribution >= 0.6 is 0 Å². The normalized spacial score (nSPS) is 17.0. The first-order valence-corrected chi connectivity index (χ1v) is 6.57. The van der Waals surface area contributed by atoms with E-state index in [1.54, 1.807) is 0 Å². The van der Waals surface area contributed by atoms with Gasteiger partial charge in [-0.1, -0.05) is 39.8 Å². The van der Waals surface area contributed by atoms with Crippen LogP contribution in [0, 0.1) is 5.92 Å². The topological polar surface area (TPSA) is 24.1 Å². The largest absolute Gasteiger partial charge is 0.384 e. The zero-order valence-corrected chi connectivity index (χ0v) is 11.4. The van der Waals surface area contributed by atoms with Crippen LogP contribution in [0.3, 0.4) is 0 Å². The number of benzene rings is 1. The molecular formula is C15H24N2. The highest BCUT2D eigenvalue weighted by molar-refractivity contribution is 5.62. The Hall–Kier alpha value is -1.02. The second-order valence-corrected chi connectivity index (χ2v) is 6.10. The lowest BCUT2D eigenvalue weighted by Gasteiger charge is -2.21. The SMILES string of the molecule is CC(C)CNCc1cccc2c1C(C)(C)CN2. The molecule has 0 aliphatic carbocycles. The third kappa shape index (κ3) is 2.63. The van der Waals surface area contributed by atoms with E-state index in [4.69, 9.17) is 0 Å². The summed E-state index contributed by atoms with van der Waals surface area (Å²) in [6.07, 6.45) is 0. The van der Waals surface area contributed by atoms with Crippen molar-refractivity contribution in [3.8, 4) is 0 Å². The molecule has 94 valence electrons. The van der Waals surface area contributed by atoms with Gasteiger partial charge in [-0.2, -0.15) is 0 Å². The molecule has 0 saturated heterocycles. The van der Waals surface area contributed by atoms with E-state index >= 15 is 0 Å². The molecule has 0 unspecified atom stereocenters. The minimum absolute atomic E-state index is 0.255. The van der Waals surface area contributed by atoms with Crippen molar-refractivity contribution in [2.24, 2.45) is 5.92 Å². The molecule has 2 nitrogen and oxygen atoms in total. The molecule has 2 N–H and O–H groups in total. The van der Waals surface area contributed by atoms with Crippen LogP contribution in [-0.2, 0) is 12.0 Å². The van der Waals surface area contributed by atoms with E-state index in [1.807, 2.05) is 0 Å². The second kappa shape index (κ2) is 4.69. The van der Waals surface area contributed by atoms with Crippen LogP contribution in [0.25, 0.3) is 0 Å². The molecule has 0 bridgehead atoms. The fraction of sp³-hybridized carbons (Fsp3) is 0.600. The van der Waals surface area contributed by atoms with E-state index in [0.29, 0.717) is 5.92 Å². The molecule has 0 fully saturated rings. The Kier molecular flexibility index (Phi) is 3.43. The molecular weight excluding hydrogens is 208 g/mol. The van der Waals surface area contributed by atoms with Gasteiger partial charge < -0.3 is 10.6 Å². The third-order valence-electron chi connectivity index (χ3n) is 3.42. The molecule has 2 heteroatoms. The van der Waals surface area contributed by atoms with Crippen molar-refractivity contribution < 1.29 is 0 Å². The van der Waals surface area contributed by atoms with E-state index in [2.05, 4.69) is 56.5 Å². The van der Waals surface area contributed by atoms with Gasteiger partial charge in [0.05, 0.1) is 0 Å². The zero-order valence-electron chi connectivity index (χ0n) is 11.4. The average Bonchev–Trinajstić information content (AvgIpc) is 2.55. The lowest BCUT2D eigenvalue weighted by molar-refractivity contribution is 0.539. The van der Waals surface area contributed by atoms with Crippen LogP contribution in [0.5, 0.6) is 0 Å². The molecule has 0 saturated carbocycles. The Bertz CT molecular complexity index is 394. The smallest absolute Gasteiger partial charge is 0.0382 e. The minimum Gasteiger partial charge on any atom is -0.384 e. The van der Waals surface area contributed by atoms with Gasteiger partial charge in [0.1, 0.15) is 0 Å². The first kappa shape index (κ1) is 12.4. The summed E-state index contributed by atoms with van der Waals surface area (Å²) in [5, 5.41) is 7.04. The fourth-order valence-corrected chi connectivity index (χ4v) is 2.59. The number of fused-ring (bicyclic) bond motifs is 1. The molecule has 0 radical (unpaired) electrons.